The van der Waals surface area contributed by atoms with Crippen molar-refractivity contribution in [3.63, 3.8) is 0 Å². The molecule has 0 aliphatic carbocycles. The van der Waals surface area contributed by atoms with Gasteiger partial charge in [0.25, 0.3) is 5.56 Å². The molecular formula is C24H20N2O3. The molecule has 1 aromatic heterocycles. The summed E-state index contributed by atoms with van der Waals surface area (Å²) < 4.78 is 11.4. The van der Waals surface area contributed by atoms with Gasteiger partial charge < -0.3 is 14.5 Å². The van der Waals surface area contributed by atoms with Crippen molar-refractivity contribution in [1.29, 1.82) is 0 Å². The lowest BCUT2D eigenvalue weighted by Crippen LogP contribution is -2.09. The standard InChI is InChI=1S/C24H20N2O3/c1-28-21-13-11-17(15-22(21)29-16-18-7-3-2-4-8-18)12-14-23-25-20-10-6-5-9-19(20)24(27)26-23/h2-15H,16H2,1H3,(H,25,26,27)/b14-12+. The minimum Gasteiger partial charge on any atom is -0.493 e. The van der Waals surface area contributed by atoms with Crippen molar-refractivity contribution in [3.8, 4) is 11.5 Å². The van der Waals surface area contributed by atoms with Crippen LogP contribution < -0.4 is 15.0 Å². The number of rotatable bonds is 6. The average molecular weight is 384 g/mol. The maximum absolute atomic E-state index is 12.2. The molecular weight excluding hydrogens is 364 g/mol. The van der Waals surface area contributed by atoms with E-state index in [2.05, 4.69) is 9.97 Å². The monoisotopic (exact) mass is 384 g/mol. The van der Waals surface area contributed by atoms with Crippen molar-refractivity contribution in [3.05, 3.63) is 100 Å². The van der Waals surface area contributed by atoms with E-state index in [-0.39, 0.29) is 5.56 Å². The van der Waals surface area contributed by atoms with Gasteiger partial charge in [-0.3, -0.25) is 4.79 Å². The SMILES string of the molecule is COc1ccc(/C=C/c2nc3ccccc3c(=O)[nH]2)cc1OCc1ccccc1. The van der Waals surface area contributed by atoms with E-state index in [0.29, 0.717) is 34.8 Å². The molecule has 0 aliphatic heterocycles. The van der Waals surface area contributed by atoms with Gasteiger partial charge in [-0.05, 0) is 41.5 Å². The average Bonchev–Trinajstić information content (AvgIpc) is 2.77. The van der Waals surface area contributed by atoms with Crippen molar-refractivity contribution in [2.24, 2.45) is 0 Å². The number of fused-ring (bicyclic) bond motifs is 1. The Morgan fingerprint density at radius 3 is 2.55 bits per heavy atom. The maximum Gasteiger partial charge on any atom is 0.259 e. The number of hydrogen-bond donors (Lipinski definition) is 1. The first kappa shape index (κ1) is 18.5. The molecule has 0 amide bonds. The summed E-state index contributed by atoms with van der Waals surface area (Å²) in [6.45, 7) is 0.448. The first-order valence-electron chi connectivity index (χ1n) is 9.25. The number of aromatic nitrogens is 2. The summed E-state index contributed by atoms with van der Waals surface area (Å²) in [5.41, 5.74) is 2.49. The van der Waals surface area contributed by atoms with Gasteiger partial charge >= 0.3 is 0 Å². The molecule has 0 fully saturated rings. The fourth-order valence-electron chi connectivity index (χ4n) is 3.00. The summed E-state index contributed by atoms with van der Waals surface area (Å²) in [5.74, 6) is 1.81. The van der Waals surface area contributed by atoms with Crippen LogP contribution in [-0.4, -0.2) is 17.1 Å². The number of para-hydroxylation sites is 1. The molecule has 0 aliphatic rings. The highest BCUT2D eigenvalue weighted by Gasteiger charge is 2.06. The summed E-state index contributed by atoms with van der Waals surface area (Å²) in [4.78, 5) is 19.5. The highest BCUT2D eigenvalue weighted by Crippen LogP contribution is 2.29. The Kier molecular flexibility index (Phi) is 5.38. The summed E-state index contributed by atoms with van der Waals surface area (Å²) in [6, 6.07) is 22.9. The second kappa shape index (κ2) is 8.44. The van der Waals surface area contributed by atoms with Gasteiger partial charge in [-0.25, -0.2) is 4.98 Å². The Bertz CT molecular complexity index is 1210. The molecule has 0 bridgehead atoms. The quantitative estimate of drug-likeness (QED) is 0.524. The molecule has 0 saturated heterocycles. The third kappa shape index (κ3) is 4.35. The van der Waals surface area contributed by atoms with Crippen LogP contribution in [0.15, 0.2) is 77.6 Å². The molecule has 1 N–H and O–H groups in total. The lowest BCUT2D eigenvalue weighted by Gasteiger charge is -2.11. The lowest BCUT2D eigenvalue weighted by atomic mass is 10.1. The Labute approximate surface area is 168 Å². The Morgan fingerprint density at radius 2 is 1.72 bits per heavy atom. The second-order valence-corrected chi connectivity index (χ2v) is 6.49. The van der Waals surface area contributed by atoms with Gasteiger partial charge in [0.15, 0.2) is 11.5 Å². The normalized spacial score (nSPS) is 11.1. The number of nitrogens with zero attached hydrogens (tertiary/aromatic N) is 1. The third-order valence-electron chi connectivity index (χ3n) is 4.49. The van der Waals surface area contributed by atoms with Crippen LogP contribution >= 0.6 is 0 Å². The zero-order valence-corrected chi connectivity index (χ0v) is 16.0. The van der Waals surface area contributed by atoms with Gasteiger partial charge in [0.1, 0.15) is 12.4 Å². The van der Waals surface area contributed by atoms with E-state index >= 15 is 0 Å². The van der Waals surface area contributed by atoms with Crippen LogP contribution in [0.25, 0.3) is 23.1 Å². The number of ether oxygens (including phenoxy) is 2. The van der Waals surface area contributed by atoms with Crippen LogP contribution in [0.1, 0.15) is 17.0 Å². The van der Waals surface area contributed by atoms with Crippen molar-refractivity contribution >= 4 is 23.1 Å². The molecule has 0 radical (unpaired) electrons. The predicted octanol–water partition coefficient (Wildman–Crippen LogP) is 4.68. The maximum atomic E-state index is 12.2. The second-order valence-electron chi connectivity index (χ2n) is 6.49. The molecule has 4 rings (SSSR count). The summed E-state index contributed by atoms with van der Waals surface area (Å²) >= 11 is 0. The first-order chi connectivity index (χ1) is 14.2. The minimum absolute atomic E-state index is 0.156. The number of aromatic amines is 1. The Hall–Kier alpha value is -3.86. The molecule has 0 atom stereocenters. The van der Waals surface area contributed by atoms with Crippen LogP contribution in [0.5, 0.6) is 11.5 Å². The first-order valence-corrected chi connectivity index (χ1v) is 9.25. The molecule has 0 saturated carbocycles. The van der Waals surface area contributed by atoms with Gasteiger partial charge in [-0.15, -0.1) is 0 Å². The minimum atomic E-state index is -0.156. The number of nitrogens with one attached hydrogen (secondary N) is 1. The number of benzene rings is 3. The number of H-pyrrole nitrogens is 1. The van der Waals surface area contributed by atoms with Crippen LogP contribution in [0.2, 0.25) is 0 Å². The number of methoxy groups -OCH3 is 1. The molecule has 0 spiro atoms. The fraction of sp³-hybridized carbons (Fsp3) is 0.0833. The van der Waals surface area contributed by atoms with E-state index in [0.717, 1.165) is 11.1 Å². The number of hydrogen-bond acceptors (Lipinski definition) is 4. The fourth-order valence-corrected chi connectivity index (χ4v) is 3.00. The van der Waals surface area contributed by atoms with Crippen LogP contribution in [0, 0.1) is 0 Å². The van der Waals surface area contributed by atoms with Crippen LogP contribution in [0.3, 0.4) is 0 Å². The van der Waals surface area contributed by atoms with E-state index in [9.17, 15) is 4.79 Å². The molecule has 144 valence electrons. The third-order valence-corrected chi connectivity index (χ3v) is 4.49. The van der Waals surface area contributed by atoms with Gasteiger partial charge in [-0.2, -0.15) is 0 Å². The molecule has 0 unspecified atom stereocenters. The molecule has 1 heterocycles. The van der Waals surface area contributed by atoms with E-state index in [1.807, 2.05) is 72.8 Å². The zero-order chi connectivity index (χ0) is 20.1. The van der Waals surface area contributed by atoms with Gasteiger partial charge in [0, 0.05) is 0 Å². The van der Waals surface area contributed by atoms with Gasteiger partial charge in [0.05, 0.1) is 18.0 Å². The Morgan fingerprint density at radius 1 is 0.931 bits per heavy atom. The topological polar surface area (TPSA) is 64.2 Å². The highest BCUT2D eigenvalue weighted by atomic mass is 16.5. The van der Waals surface area contributed by atoms with E-state index in [4.69, 9.17) is 9.47 Å². The Balaban J connectivity index is 1.58. The van der Waals surface area contributed by atoms with Crippen molar-refractivity contribution in [1.82, 2.24) is 9.97 Å². The van der Waals surface area contributed by atoms with E-state index in [1.165, 1.54) is 0 Å². The van der Waals surface area contributed by atoms with Crippen molar-refractivity contribution < 1.29 is 9.47 Å². The van der Waals surface area contributed by atoms with Gasteiger partial charge in [0.2, 0.25) is 0 Å². The highest BCUT2D eigenvalue weighted by molar-refractivity contribution is 5.79. The molecule has 3 aromatic carbocycles. The molecule has 5 nitrogen and oxygen atoms in total. The van der Waals surface area contributed by atoms with E-state index < -0.39 is 0 Å². The van der Waals surface area contributed by atoms with Crippen LogP contribution in [-0.2, 0) is 6.61 Å². The molecule has 29 heavy (non-hydrogen) atoms. The molecule has 4 aromatic rings. The largest absolute Gasteiger partial charge is 0.493 e. The smallest absolute Gasteiger partial charge is 0.259 e. The summed E-state index contributed by atoms with van der Waals surface area (Å²) in [6.07, 6.45) is 3.65. The van der Waals surface area contributed by atoms with E-state index in [1.54, 1.807) is 19.3 Å². The zero-order valence-electron chi connectivity index (χ0n) is 16.0. The van der Waals surface area contributed by atoms with Gasteiger partial charge in [-0.1, -0.05) is 54.6 Å². The van der Waals surface area contributed by atoms with Crippen molar-refractivity contribution in [2.75, 3.05) is 7.11 Å². The van der Waals surface area contributed by atoms with Crippen LogP contribution in [0.4, 0.5) is 0 Å². The predicted molar refractivity (Wildman–Crippen MR) is 115 cm³/mol. The summed E-state index contributed by atoms with van der Waals surface area (Å²) in [7, 11) is 1.62. The lowest BCUT2D eigenvalue weighted by molar-refractivity contribution is 0.284. The summed E-state index contributed by atoms with van der Waals surface area (Å²) in [5, 5.41) is 0.575. The molecule has 5 heteroatoms. The van der Waals surface area contributed by atoms with Crippen molar-refractivity contribution in [2.45, 2.75) is 6.61 Å².